The van der Waals surface area contributed by atoms with E-state index in [4.69, 9.17) is 11.6 Å². The Morgan fingerprint density at radius 3 is 2.38 bits per heavy atom. The minimum atomic E-state index is -0.314. The van der Waals surface area contributed by atoms with Gasteiger partial charge in [0.25, 0.3) is 5.91 Å². The van der Waals surface area contributed by atoms with Crippen molar-refractivity contribution in [2.45, 2.75) is 33.9 Å². The lowest BCUT2D eigenvalue weighted by Gasteiger charge is -2.18. The monoisotopic (exact) mass is 411 g/mol. The molecule has 152 valence electrons. The normalized spacial score (nSPS) is 11.1. The summed E-state index contributed by atoms with van der Waals surface area (Å²) in [5, 5.41) is 7.76. The van der Waals surface area contributed by atoms with Crippen LogP contribution in [0.3, 0.4) is 0 Å². The second-order valence-electron chi connectivity index (χ2n) is 6.81. The number of hydrogen-bond acceptors (Lipinski definition) is 4. The van der Waals surface area contributed by atoms with Crippen LogP contribution >= 0.6 is 11.6 Å². The highest BCUT2D eigenvalue weighted by Gasteiger charge is 2.16. The number of aryl methyl sites for hydroxylation is 1. The molecule has 0 saturated heterocycles. The number of rotatable bonds is 8. The molecule has 0 fully saturated rings. The molecule has 0 spiro atoms. The number of para-hydroxylation sites is 1. The first-order chi connectivity index (χ1) is 14.0. The average Bonchev–Trinajstić information content (AvgIpc) is 3.13. The lowest BCUT2D eigenvalue weighted by atomic mass is 10.1. The number of amides is 1. The fraction of sp³-hybridized carbons (Fsp3) is 0.318. The smallest absolute Gasteiger partial charge is 0.291 e. The van der Waals surface area contributed by atoms with Gasteiger partial charge >= 0.3 is 0 Å². The lowest BCUT2D eigenvalue weighted by Crippen LogP contribution is -2.24. The van der Waals surface area contributed by atoms with Gasteiger partial charge < -0.3 is 5.32 Å². The van der Waals surface area contributed by atoms with E-state index in [2.05, 4.69) is 46.3 Å². The Kier molecular flexibility index (Phi) is 7.01. The van der Waals surface area contributed by atoms with Crippen molar-refractivity contribution in [2.24, 2.45) is 0 Å². The second kappa shape index (κ2) is 9.67. The molecular weight excluding hydrogens is 386 g/mol. The van der Waals surface area contributed by atoms with Crippen molar-refractivity contribution in [3.8, 4) is 5.69 Å². The summed E-state index contributed by atoms with van der Waals surface area (Å²) < 4.78 is 1.58. The quantitative estimate of drug-likeness (QED) is 0.608. The Labute approximate surface area is 176 Å². The van der Waals surface area contributed by atoms with Gasteiger partial charge in [0.1, 0.15) is 5.82 Å². The van der Waals surface area contributed by atoms with Crippen LogP contribution in [0.5, 0.6) is 0 Å². The highest BCUT2D eigenvalue weighted by molar-refractivity contribution is 6.32. The zero-order valence-corrected chi connectivity index (χ0v) is 17.8. The SMILES string of the molecule is CCN(CC)Cc1ccc(CNC(=O)c2nc(C)n(-c3ccccc3Cl)n2)cc1. The van der Waals surface area contributed by atoms with Crippen molar-refractivity contribution in [2.75, 3.05) is 13.1 Å². The largest absolute Gasteiger partial charge is 0.345 e. The van der Waals surface area contributed by atoms with Crippen molar-refractivity contribution >= 4 is 17.5 Å². The van der Waals surface area contributed by atoms with Gasteiger partial charge in [0.2, 0.25) is 5.82 Å². The Bertz CT molecular complexity index is 964. The van der Waals surface area contributed by atoms with Gasteiger partial charge in [0, 0.05) is 13.1 Å². The molecule has 0 aliphatic carbocycles. The van der Waals surface area contributed by atoms with E-state index in [0.717, 1.165) is 25.2 Å². The Morgan fingerprint density at radius 2 is 1.72 bits per heavy atom. The van der Waals surface area contributed by atoms with Gasteiger partial charge in [-0.2, -0.15) is 0 Å². The number of hydrogen-bond donors (Lipinski definition) is 1. The minimum absolute atomic E-state index is 0.126. The van der Waals surface area contributed by atoms with E-state index >= 15 is 0 Å². The number of halogens is 1. The number of benzene rings is 2. The van der Waals surface area contributed by atoms with E-state index in [1.165, 1.54) is 5.56 Å². The summed E-state index contributed by atoms with van der Waals surface area (Å²) in [7, 11) is 0. The van der Waals surface area contributed by atoms with Crippen LogP contribution in [0.2, 0.25) is 5.02 Å². The van der Waals surface area contributed by atoms with Crippen LogP contribution in [0.1, 0.15) is 41.4 Å². The first-order valence-electron chi connectivity index (χ1n) is 9.78. The summed E-state index contributed by atoms with van der Waals surface area (Å²) in [5.41, 5.74) is 2.99. The molecule has 1 amide bonds. The van der Waals surface area contributed by atoms with Gasteiger partial charge in [-0.3, -0.25) is 9.69 Å². The maximum absolute atomic E-state index is 12.5. The summed E-state index contributed by atoms with van der Waals surface area (Å²) in [6.45, 7) is 9.53. The van der Waals surface area contributed by atoms with Crippen LogP contribution < -0.4 is 5.32 Å². The van der Waals surface area contributed by atoms with Crippen LogP contribution in [0.4, 0.5) is 0 Å². The van der Waals surface area contributed by atoms with E-state index in [9.17, 15) is 4.79 Å². The topological polar surface area (TPSA) is 63.1 Å². The fourth-order valence-corrected chi connectivity index (χ4v) is 3.28. The molecule has 0 aliphatic rings. The summed E-state index contributed by atoms with van der Waals surface area (Å²) in [6, 6.07) is 15.6. The molecule has 7 heteroatoms. The fourth-order valence-electron chi connectivity index (χ4n) is 3.07. The van der Waals surface area contributed by atoms with Gasteiger partial charge in [0.05, 0.1) is 10.7 Å². The van der Waals surface area contributed by atoms with E-state index in [-0.39, 0.29) is 11.7 Å². The van der Waals surface area contributed by atoms with Crippen molar-refractivity contribution in [1.82, 2.24) is 25.0 Å². The predicted molar refractivity (Wildman–Crippen MR) is 115 cm³/mol. The van der Waals surface area contributed by atoms with Crippen LogP contribution in [-0.4, -0.2) is 38.7 Å². The van der Waals surface area contributed by atoms with Crippen LogP contribution in [0.25, 0.3) is 5.69 Å². The highest BCUT2D eigenvalue weighted by atomic mass is 35.5. The zero-order chi connectivity index (χ0) is 20.8. The molecule has 1 N–H and O–H groups in total. The van der Waals surface area contributed by atoms with Crippen LogP contribution in [0.15, 0.2) is 48.5 Å². The molecule has 0 radical (unpaired) electrons. The number of aromatic nitrogens is 3. The molecule has 29 heavy (non-hydrogen) atoms. The van der Waals surface area contributed by atoms with Gasteiger partial charge in [0.15, 0.2) is 0 Å². The molecule has 2 aromatic carbocycles. The molecule has 3 rings (SSSR count). The Hall–Kier alpha value is -2.70. The summed E-state index contributed by atoms with van der Waals surface area (Å²) >= 11 is 6.23. The highest BCUT2D eigenvalue weighted by Crippen LogP contribution is 2.20. The van der Waals surface area contributed by atoms with Crippen molar-refractivity contribution in [3.05, 3.63) is 76.3 Å². The number of nitrogens with zero attached hydrogens (tertiary/aromatic N) is 4. The second-order valence-corrected chi connectivity index (χ2v) is 7.21. The summed E-state index contributed by atoms with van der Waals surface area (Å²) in [6.07, 6.45) is 0. The molecule has 1 aromatic heterocycles. The third kappa shape index (κ3) is 5.22. The molecule has 0 unspecified atom stereocenters. The third-order valence-electron chi connectivity index (χ3n) is 4.83. The molecule has 3 aromatic rings. The standard InChI is InChI=1S/C22H26ClN5O/c1-4-27(5-2)15-18-12-10-17(11-13-18)14-24-22(29)21-25-16(3)28(26-21)20-9-7-6-8-19(20)23/h6-13H,4-5,14-15H2,1-3H3,(H,24,29). The maximum atomic E-state index is 12.5. The molecule has 0 aliphatic heterocycles. The molecule has 0 bridgehead atoms. The van der Waals surface area contributed by atoms with Crippen molar-refractivity contribution < 1.29 is 4.79 Å². The molecule has 0 atom stereocenters. The van der Waals surface area contributed by atoms with E-state index in [1.807, 2.05) is 30.3 Å². The maximum Gasteiger partial charge on any atom is 0.291 e. The lowest BCUT2D eigenvalue weighted by molar-refractivity contribution is 0.0940. The minimum Gasteiger partial charge on any atom is -0.345 e. The Balaban J connectivity index is 1.63. The van der Waals surface area contributed by atoms with Crippen molar-refractivity contribution in [1.29, 1.82) is 0 Å². The first kappa shape index (κ1) is 21.0. The third-order valence-corrected chi connectivity index (χ3v) is 5.15. The number of carbonyl (C=O) groups excluding carboxylic acids is 1. The molecular formula is C22H26ClN5O. The van der Waals surface area contributed by atoms with E-state index in [1.54, 1.807) is 17.7 Å². The summed E-state index contributed by atoms with van der Waals surface area (Å²) in [4.78, 5) is 19.1. The number of nitrogens with one attached hydrogen (secondary N) is 1. The van der Waals surface area contributed by atoms with Gasteiger partial charge in [-0.1, -0.05) is 61.8 Å². The van der Waals surface area contributed by atoms with E-state index < -0.39 is 0 Å². The molecule has 1 heterocycles. The average molecular weight is 412 g/mol. The van der Waals surface area contributed by atoms with Crippen LogP contribution in [0, 0.1) is 6.92 Å². The number of carbonyl (C=O) groups is 1. The van der Waals surface area contributed by atoms with Gasteiger partial charge in [-0.05, 0) is 43.3 Å². The summed E-state index contributed by atoms with van der Waals surface area (Å²) in [5.74, 6) is 0.413. The van der Waals surface area contributed by atoms with E-state index in [0.29, 0.717) is 23.1 Å². The predicted octanol–water partition coefficient (Wildman–Crippen LogP) is 4.00. The van der Waals surface area contributed by atoms with Crippen LogP contribution in [-0.2, 0) is 13.1 Å². The zero-order valence-electron chi connectivity index (χ0n) is 17.0. The van der Waals surface area contributed by atoms with Gasteiger partial charge in [-0.15, -0.1) is 5.10 Å². The van der Waals surface area contributed by atoms with Gasteiger partial charge in [-0.25, -0.2) is 9.67 Å². The Morgan fingerprint density at radius 1 is 1.07 bits per heavy atom. The van der Waals surface area contributed by atoms with Crippen molar-refractivity contribution in [3.63, 3.8) is 0 Å². The first-order valence-corrected chi connectivity index (χ1v) is 10.2. The molecule has 6 nitrogen and oxygen atoms in total. The molecule has 0 saturated carbocycles.